The summed E-state index contributed by atoms with van der Waals surface area (Å²) in [7, 11) is -2.01. The fraction of sp³-hybridized carbons (Fsp3) is 0.311. The number of aromatic hydroxyl groups is 3. The van der Waals surface area contributed by atoms with Gasteiger partial charge in [-0.05, 0) is 267 Å². The van der Waals surface area contributed by atoms with Gasteiger partial charge in [-0.2, -0.15) is 4.31 Å². The lowest BCUT2D eigenvalue weighted by Gasteiger charge is -2.21. The fourth-order valence-electron chi connectivity index (χ4n) is 12.5. The number of halogens is 5. The number of hydrogen-bond acceptors (Lipinski definition) is 21. The highest BCUT2D eigenvalue weighted by atomic mass is 35.5. The first-order chi connectivity index (χ1) is 49.3. The molecule has 14 rings (SSSR count). The van der Waals surface area contributed by atoms with E-state index < -0.39 is 21.6 Å². The SMILES string of the molecule is Cc1cc(-c2c(Cl)ccc(O)c2F)cc2nnc(Nc3ccc(S(=O)(=O)N(C)CCN4CCCC4)cc3)nc12.Cc1cc(-c2cc(O)ccc2Cl)cc2nnc(NCCCCN3CCCC3)nc12.Oc1ccc(Cl)c(-c2cc3nnc(Nc4ccc(OCCN5CCCC5)cc4)nc3cc2Cl)c1. The standard InChI is InChI=1S/C27H28ClFN6O3S.C25H23Cl2N5O2.C22H26ClN5O/c1-17-15-18(24-21(28)9-10-23(36)25(24)29)16-22-26(17)31-27(33-32-22)30-19-5-7-20(8-6-19)39(37,38)34(2)13-14-35-11-3-4-12-35;26-21-8-5-17(33)13-19(21)20-14-24-23(15-22(20)27)29-25(31-30-24)28-16-3-6-18(7-4-16)34-12-11-32-9-1-2-10-32;1-15-12-16(18-14-17(29)6-7-19(18)23)13-20-21(15)25-22(27-26-20)24-8-2-3-9-28-10-4-5-11-28/h5-10,15-16,36H,3-4,11-14H2,1-2H3,(H,30,31,33);3-8,13-15,33H,1-2,9-12H2,(H,28,29,31);6-7,12-14,29H,2-5,8-11H2,1H3,(H,24,25,27). The van der Waals surface area contributed by atoms with Crippen molar-refractivity contribution in [2.45, 2.75) is 70.1 Å². The van der Waals surface area contributed by atoms with E-state index in [0.29, 0.717) is 95.6 Å². The lowest BCUT2D eigenvalue weighted by Crippen LogP contribution is -2.35. The number of unbranched alkanes of at least 4 members (excludes halogenated alkanes) is 1. The molecule has 3 aromatic heterocycles. The van der Waals surface area contributed by atoms with Crippen LogP contribution in [0.5, 0.6) is 23.0 Å². The summed E-state index contributed by atoms with van der Waals surface area (Å²) in [5, 5.41) is 66.0. The van der Waals surface area contributed by atoms with Crippen LogP contribution in [0.15, 0.2) is 138 Å². The maximum absolute atomic E-state index is 14.6. The third-order valence-electron chi connectivity index (χ3n) is 18.0. The van der Waals surface area contributed by atoms with Crippen LogP contribution in [0.1, 0.15) is 62.5 Å². The summed E-state index contributed by atoms with van der Waals surface area (Å²) >= 11 is 25.3. The van der Waals surface area contributed by atoms with Crippen LogP contribution in [0.3, 0.4) is 0 Å². The molecule has 6 N–H and O–H groups in total. The number of hydrogen-bond donors (Lipinski definition) is 6. The predicted octanol–water partition coefficient (Wildman–Crippen LogP) is 15.5. The normalized spacial score (nSPS) is 14.3. The van der Waals surface area contributed by atoms with E-state index in [4.69, 9.17) is 51.1 Å². The molecular weight excluding hydrogens is 1400 g/mol. The number of likely N-dealkylation sites (tertiary alicyclic amines) is 3. The lowest BCUT2D eigenvalue weighted by molar-refractivity contribution is 0.238. The summed E-state index contributed by atoms with van der Waals surface area (Å²) in [6, 6.07) is 37.0. The second-order valence-electron chi connectivity index (χ2n) is 25.4. The van der Waals surface area contributed by atoms with Gasteiger partial charge < -0.3 is 45.8 Å². The van der Waals surface area contributed by atoms with Crippen LogP contribution in [-0.4, -0.2) is 174 Å². The first-order valence-corrected chi connectivity index (χ1v) is 36.8. The number of aromatic nitrogens is 9. The Kier molecular flexibility index (Phi) is 23.9. The molecule has 0 amide bonds. The van der Waals surface area contributed by atoms with Crippen LogP contribution in [0, 0.1) is 19.7 Å². The van der Waals surface area contributed by atoms with Crippen molar-refractivity contribution in [1.82, 2.24) is 64.5 Å². The number of aryl methyl sites for hydroxylation is 2. The highest BCUT2D eigenvalue weighted by molar-refractivity contribution is 7.89. The second kappa shape index (κ2) is 33.4. The Hall–Kier alpha value is -8.95. The van der Waals surface area contributed by atoms with Gasteiger partial charge in [-0.25, -0.2) is 27.8 Å². The van der Waals surface area contributed by atoms with Crippen molar-refractivity contribution >= 4 is 119 Å². The Balaban J connectivity index is 0.000000146. The molecule has 0 atom stereocenters. The summed E-state index contributed by atoms with van der Waals surface area (Å²) in [5.41, 5.74) is 10.2. The van der Waals surface area contributed by atoms with Crippen LogP contribution < -0.4 is 20.7 Å². The minimum Gasteiger partial charge on any atom is -0.508 e. The first kappa shape index (κ1) is 72.8. The summed E-state index contributed by atoms with van der Waals surface area (Å²) < 4.78 is 47.8. The molecule has 11 aromatic rings. The van der Waals surface area contributed by atoms with Crippen molar-refractivity contribution in [3.05, 3.63) is 170 Å². The number of nitrogens with zero attached hydrogens (tertiary/aromatic N) is 13. The minimum absolute atomic E-state index is 0.0717. The third-order valence-corrected chi connectivity index (χ3v) is 21.2. The van der Waals surface area contributed by atoms with E-state index in [1.54, 1.807) is 92.8 Å². The van der Waals surface area contributed by atoms with Crippen molar-refractivity contribution in [3.8, 4) is 56.4 Å². The van der Waals surface area contributed by atoms with Crippen molar-refractivity contribution in [3.63, 3.8) is 0 Å². The van der Waals surface area contributed by atoms with Gasteiger partial charge in [0.2, 0.25) is 27.9 Å². The fourth-order valence-corrected chi connectivity index (χ4v) is 14.6. The van der Waals surface area contributed by atoms with Gasteiger partial charge in [0, 0.05) is 76.9 Å². The number of phenolic OH excluding ortho intramolecular Hbond substituents is 3. The summed E-state index contributed by atoms with van der Waals surface area (Å²) in [6.07, 6.45) is 9.84. The van der Waals surface area contributed by atoms with Gasteiger partial charge >= 0.3 is 0 Å². The number of anilines is 5. The summed E-state index contributed by atoms with van der Waals surface area (Å²) in [6.45, 7) is 15.5. The zero-order valence-electron chi connectivity index (χ0n) is 56.5. The van der Waals surface area contributed by atoms with Crippen LogP contribution in [0.25, 0.3) is 66.5 Å². The number of fused-ring (bicyclic) bond motifs is 3. The van der Waals surface area contributed by atoms with E-state index in [0.717, 1.165) is 85.6 Å². The highest BCUT2D eigenvalue weighted by Gasteiger charge is 2.24. The van der Waals surface area contributed by atoms with Gasteiger partial charge in [0.15, 0.2) is 11.6 Å². The molecule has 3 fully saturated rings. The second-order valence-corrected chi connectivity index (χ2v) is 29.1. The number of phenols is 3. The molecule has 28 heteroatoms. The van der Waals surface area contributed by atoms with Crippen molar-refractivity contribution in [1.29, 1.82) is 0 Å². The van der Waals surface area contributed by atoms with Crippen LogP contribution >= 0.6 is 46.4 Å². The van der Waals surface area contributed by atoms with E-state index >= 15 is 0 Å². The predicted molar refractivity (Wildman–Crippen MR) is 402 cm³/mol. The Morgan fingerprint density at radius 3 is 1.66 bits per heavy atom. The molecule has 0 bridgehead atoms. The highest BCUT2D eigenvalue weighted by Crippen LogP contribution is 2.40. The number of rotatable bonds is 22. The quantitative estimate of drug-likeness (QED) is 0.0344. The Bertz CT molecular complexity index is 4900. The third kappa shape index (κ3) is 18.3. The Morgan fingerprint density at radius 2 is 1.02 bits per heavy atom. The Morgan fingerprint density at radius 1 is 0.510 bits per heavy atom. The van der Waals surface area contributed by atoms with Crippen molar-refractivity contribution in [2.24, 2.45) is 0 Å². The van der Waals surface area contributed by atoms with Gasteiger partial charge in [0.25, 0.3) is 0 Å². The first-order valence-electron chi connectivity index (χ1n) is 33.8. The molecule has 0 spiro atoms. The van der Waals surface area contributed by atoms with E-state index in [1.165, 1.54) is 87.3 Å². The van der Waals surface area contributed by atoms with Gasteiger partial charge in [0.05, 0.1) is 31.5 Å². The molecule has 8 aromatic carbocycles. The van der Waals surface area contributed by atoms with Crippen molar-refractivity contribution in [2.75, 3.05) is 102 Å². The topological polar surface area (TPSA) is 269 Å². The van der Waals surface area contributed by atoms with Gasteiger partial charge in [-0.15, -0.1) is 30.6 Å². The molecule has 0 unspecified atom stereocenters. The van der Waals surface area contributed by atoms with E-state index in [-0.39, 0.29) is 32.9 Å². The van der Waals surface area contributed by atoms with E-state index in [1.807, 2.05) is 43.3 Å². The van der Waals surface area contributed by atoms with Gasteiger partial charge in [-0.1, -0.05) is 46.4 Å². The number of sulfonamides is 1. The van der Waals surface area contributed by atoms with Crippen LogP contribution in [0.4, 0.5) is 33.6 Å². The number of nitrogens with one attached hydrogen (secondary N) is 3. The molecule has 530 valence electrons. The van der Waals surface area contributed by atoms with Crippen molar-refractivity contribution < 1.29 is 32.9 Å². The molecule has 0 aliphatic carbocycles. The zero-order valence-corrected chi connectivity index (χ0v) is 60.4. The number of ether oxygens (including phenoxy) is 1. The average molecular weight is 1480 g/mol. The summed E-state index contributed by atoms with van der Waals surface area (Å²) in [4.78, 5) is 21.2. The van der Waals surface area contributed by atoms with Gasteiger partial charge in [-0.3, -0.25) is 4.90 Å². The maximum Gasteiger partial charge on any atom is 0.247 e. The monoisotopic (exact) mass is 1480 g/mol. The maximum atomic E-state index is 14.6. The molecule has 3 aliphatic rings. The molecule has 102 heavy (non-hydrogen) atoms. The Labute approximate surface area is 610 Å². The lowest BCUT2D eigenvalue weighted by atomic mass is 10.0. The zero-order chi connectivity index (χ0) is 71.4. The van der Waals surface area contributed by atoms with E-state index in [2.05, 4.69) is 76.2 Å². The largest absolute Gasteiger partial charge is 0.508 e. The number of benzene rings is 8. The molecule has 6 heterocycles. The number of likely N-dealkylation sites (N-methyl/N-ethyl adjacent to an activating group) is 1. The molecule has 22 nitrogen and oxygen atoms in total. The van der Waals surface area contributed by atoms with E-state index in [9.17, 15) is 28.1 Å². The molecule has 0 saturated carbocycles. The molecular formula is C74H77Cl4FN16O6S. The molecule has 0 radical (unpaired) electrons. The average Bonchev–Trinajstić information content (AvgIpc) is 0.897. The minimum atomic E-state index is -3.61. The smallest absolute Gasteiger partial charge is 0.247 e. The van der Waals surface area contributed by atoms with Crippen LogP contribution in [0.2, 0.25) is 20.1 Å². The summed E-state index contributed by atoms with van der Waals surface area (Å²) in [5.74, 6) is 0.926. The molecule has 3 saturated heterocycles. The molecule has 3 aliphatic heterocycles. The van der Waals surface area contributed by atoms with Gasteiger partial charge in [0.1, 0.15) is 40.4 Å². The van der Waals surface area contributed by atoms with Crippen LogP contribution in [-0.2, 0) is 10.0 Å².